The van der Waals surface area contributed by atoms with Crippen molar-refractivity contribution in [2.45, 2.75) is 45.1 Å². The first-order chi connectivity index (χ1) is 19.1. The highest BCUT2D eigenvalue weighted by atomic mass is 16.1. The van der Waals surface area contributed by atoms with Crippen molar-refractivity contribution >= 4 is 28.4 Å². The van der Waals surface area contributed by atoms with E-state index in [9.17, 15) is 4.79 Å². The molecule has 1 aliphatic carbocycles. The van der Waals surface area contributed by atoms with Gasteiger partial charge in [0.1, 0.15) is 5.39 Å². The van der Waals surface area contributed by atoms with Crippen LogP contribution in [0.25, 0.3) is 16.9 Å². The van der Waals surface area contributed by atoms with Gasteiger partial charge in [0.2, 0.25) is 5.95 Å². The number of fused-ring (bicyclic) bond motifs is 2. The predicted molar refractivity (Wildman–Crippen MR) is 157 cm³/mol. The Bertz CT molecular complexity index is 1550. The lowest BCUT2D eigenvalue weighted by molar-refractivity contribution is 0.313. The Balaban J connectivity index is 1.35. The van der Waals surface area contributed by atoms with E-state index in [1.54, 1.807) is 17.0 Å². The molecule has 0 spiro atoms. The van der Waals surface area contributed by atoms with Crippen LogP contribution in [0.1, 0.15) is 43.4 Å². The molecule has 4 heterocycles. The molecule has 1 N–H and O–H groups in total. The van der Waals surface area contributed by atoms with Crippen LogP contribution in [-0.2, 0) is 13.0 Å². The predicted octanol–water partition coefficient (Wildman–Crippen LogP) is 4.49. The Morgan fingerprint density at radius 3 is 2.62 bits per heavy atom. The quantitative estimate of drug-likeness (QED) is 0.357. The number of hydrogen-bond donors (Lipinski definition) is 1. The third kappa shape index (κ3) is 4.83. The van der Waals surface area contributed by atoms with E-state index >= 15 is 0 Å². The molecule has 1 saturated heterocycles. The number of aryl methyl sites for hydroxylation is 1. The van der Waals surface area contributed by atoms with Crippen LogP contribution in [0, 0.1) is 0 Å². The Morgan fingerprint density at radius 1 is 1.08 bits per heavy atom. The number of hydrogen-bond acceptors (Lipinski definition) is 7. The molecule has 1 aromatic carbocycles. The zero-order valence-corrected chi connectivity index (χ0v) is 22.8. The van der Waals surface area contributed by atoms with E-state index < -0.39 is 0 Å². The summed E-state index contributed by atoms with van der Waals surface area (Å²) < 4.78 is 3.46. The highest BCUT2D eigenvalue weighted by Crippen LogP contribution is 2.33. The average molecular weight is 525 g/mol. The molecular weight excluding hydrogens is 488 g/mol. The summed E-state index contributed by atoms with van der Waals surface area (Å²) in [6.45, 7) is 10.6. The van der Waals surface area contributed by atoms with Gasteiger partial charge in [-0.2, -0.15) is 4.98 Å². The molecule has 4 aromatic rings. The van der Waals surface area contributed by atoms with E-state index in [0.717, 1.165) is 56.8 Å². The van der Waals surface area contributed by atoms with Gasteiger partial charge in [0, 0.05) is 55.4 Å². The number of piperazine rings is 1. The molecule has 202 valence electrons. The molecule has 0 amide bonds. The minimum absolute atomic E-state index is 0.153. The fraction of sp³-hybridized carbons (Fsp3) is 0.400. The van der Waals surface area contributed by atoms with Crippen molar-refractivity contribution in [2.24, 2.45) is 0 Å². The summed E-state index contributed by atoms with van der Waals surface area (Å²) in [6.07, 6.45) is 7.77. The number of anilines is 3. The zero-order valence-electron chi connectivity index (χ0n) is 22.8. The van der Waals surface area contributed by atoms with Gasteiger partial charge in [-0.1, -0.05) is 19.1 Å². The summed E-state index contributed by atoms with van der Waals surface area (Å²) in [5.74, 6) is 1.57. The van der Waals surface area contributed by atoms with E-state index in [1.807, 2.05) is 22.9 Å². The maximum Gasteiger partial charge on any atom is 0.278 e. The van der Waals surface area contributed by atoms with Gasteiger partial charge in [0.25, 0.3) is 5.56 Å². The van der Waals surface area contributed by atoms with Crippen LogP contribution in [0.2, 0.25) is 0 Å². The largest absolute Gasteiger partial charge is 0.369 e. The lowest BCUT2D eigenvalue weighted by Crippen LogP contribution is -2.44. The number of nitrogens with one attached hydrogen (secondary N) is 1. The molecule has 1 aliphatic heterocycles. The average Bonchev–Trinajstić information content (AvgIpc) is 3.24. The second-order valence-electron chi connectivity index (χ2n) is 10.6. The number of benzene rings is 1. The van der Waals surface area contributed by atoms with Gasteiger partial charge < -0.3 is 15.1 Å². The van der Waals surface area contributed by atoms with Crippen LogP contribution in [0.15, 0.2) is 60.0 Å². The lowest BCUT2D eigenvalue weighted by Gasteiger charge is -2.34. The van der Waals surface area contributed by atoms with E-state index in [0.29, 0.717) is 35.3 Å². The highest BCUT2D eigenvalue weighted by Gasteiger charge is 2.23. The molecule has 9 heteroatoms. The smallest absolute Gasteiger partial charge is 0.278 e. The van der Waals surface area contributed by atoms with Crippen LogP contribution in [0.4, 0.5) is 17.3 Å². The normalized spacial score (nSPS) is 17.8. The first-order valence-corrected chi connectivity index (χ1v) is 14.0. The standard InChI is InChI=1S/C30H36N8O/c1-4-15-37-29(39)25-20-31-30(32-23-10-12-24(13-11-23)36-18-16-35(3)17-19-36)34-28(25)38(37)26-14-9-22-8-6-7-21(5-2)27(22)33-26/h4,9-14,20-21H,1,5-8,15-19H2,2-3H3,(H,31,32,34). The first-order valence-electron chi connectivity index (χ1n) is 14.0. The van der Waals surface area contributed by atoms with Crippen LogP contribution in [0.3, 0.4) is 0 Å². The summed E-state index contributed by atoms with van der Waals surface area (Å²) >= 11 is 0. The van der Waals surface area contributed by atoms with E-state index in [2.05, 4.69) is 58.9 Å². The molecule has 6 rings (SSSR count). The molecule has 0 bridgehead atoms. The van der Waals surface area contributed by atoms with E-state index in [4.69, 9.17) is 9.97 Å². The Labute approximate surface area is 228 Å². The molecule has 2 aliphatic rings. The van der Waals surface area contributed by atoms with Gasteiger partial charge in [0.05, 0.1) is 6.54 Å². The second kappa shape index (κ2) is 10.6. The third-order valence-electron chi connectivity index (χ3n) is 8.06. The van der Waals surface area contributed by atoms with Crippen molar-refractivity contribution in [3.63, 3.8) is 0 Å². The minimum atomic E-state index is -0.153. The van der Waals surface area contributed by atoms with Crippen molar-refractivity contribution in [3.05, 3.63) is 76.9 Å². The third-order valence-corrected chi connectivity index (χ3v) is 8.06. The topological polar surface area (TPSA) is 84.1 Å². The van der Waals surface area contributed by atoms with Crippen molar-refractivity contribution in [1.29, 1.82) is 0 Å². The maximum atomic E-state index is 13.4. The second-order valence-corrected chi connectivity index (χ2v) is 10.6. The summed E-state index contributed by atoms with van der Waals surface area (Å²) in [5, 5.41) is 3.78. The van der Waals surface area contributed by atoms with Crippen LogP contribution in [-0.4, -0.2) is 62.4 Å². The fourth-order valence-electron chi connectivity index (χ4n) is 5.81. The zero-order chi connectivity index (χ0) is 26.9. The maximum absolute atomic E-state index is 13.4. The summed E-state index contributed by atoms with van der Waals surface area (Å²) in [6, 6.07) is 12.5. The molecule has 1 atom stereocenters. The van der Waals surface area contributed by atoms with E-state index in [-0.39, 0.29) is 5.56 Å². The Morgan fingerprint density at radius 2 is 1.87 bits per heavy atom. The van der Waals surface area contributed by atoms with Gasteiger partial charge in [-0.25, -0.2) is 19.3 Å². The number of likely N-dealkylation sites (N-methyl/N-ethyl adjacent to an activating group) is 1. The number of allylic oxidation sites excluding steroid dienone is 1. The number of aromatic nitrogens is 5. The van der Waals surface area contributed by atoms with Gasteiger partial charge in [-0.15, -0.1) is 6.58 Å². The number of pyridine rings is 1. The van der Waals surface area contributed by atoms with Gasteiger partial charge in [0.15, 0.2) is 11.5 Å². The Kier molecular flexibility index (Phi) is 6.91. The molecular formula is C30H36N8O. The van der Waals surface area contributed by atoms with E-state index in [1.165, 1.54) is 17.7 Å². The molecule has 0 radical (unpaired) electrons. The molecule has 9 nitrogen and oxygen atoms in total. The van der Waals surface area contributed by atoms with Gasteiger partial charge in [-0.3, -0.25) is 4.79 Å². The van der Waals surface area contributed by atoms with Crippen molar-refractivity contribution in [2.75, 3.05) is 43.4 Å². The van der Waals surface area contributed by atoms with Crippen LogP contribution in [0.5, 0.6) is 0 Å². The highest BCUT2D eigenvalue weighted by molar-refractivity contribution is 5.77. The van der Waals surface area contributed by atoms with Crippen molar-refractivity contribution in [3.8, 4) is 5.82 Å². The van der Waals surface area contributed by atoms with Gasteiger partial charge in [-0.05, 0) is 68.6 Å². The number of nitrogens with zero attached hydrogens (tertiary/aromatic N) is 7. The molecule has 1 fully saturated rings. The first kappa shape index (κ1) is 25.3. The SMILES string of the molecule is C=CCn1c(=O)c2cnc(Nc3ccc(N4CCN(C)CC4)cc3)nc2n1-c1ccc2c(n1)C(CC)CCC2. The van der Waals surface area contributed by atoms with Crippen molar-refractivity contribution in [1.82, 2.24) is 29.2 Å². The molecule has 39 heavy (non-hydrogen) atoms. The lowest BCUT2D eigenvalue weighted by atomic mass is 9.85. The molecule has 1 unspecified atom stereocenters. The number of rotatable bonds is 7. The minimum Gasteiger partial charge on any atom is -0.369 e. The molecule has 3 aromatic heterocycles. The van der Waals surface area contributed by atoms with Gasteiger partial charge >= 0.3 is 0 Å². The fourth-order valence-corrected chi connectivity index (χ4v) is 5.81. The monoisotopic (exact) mass is 524 g/mol. The summed E-state index contributed by atoms with van der Waals surface area (Å²) in [7, 11) is 2.16. The van der Waals surface area contributed by atoms with Crippen LogP contribution >= 0.6 is 0 Å². The molecule has 0 saturated carbocycles. The summed E-state index contributed by atoms with van der Waals surface area (Å²) in [5.41, 5.74) is 4.94. The summed E-state index contributed by atoms with van der Waals surface area (Å²) in [4.78, 5) is 32.5. The van der Waals surface area contributed by atoms with Crippen molar-refractivity contribution < 1.29 is 0 Å². The van der Waals surface area contributed by atoms with Crippen LogP contribution < -0.4 is 15.8 Å². The Hall–Kier alpha value is -3.98.